The lowest BCUT2D eigenvalue weighted by atomic mass is 10.2. The van der Waals surface area contributed by atoms with Crippen molar-refractivity contribution in [2.75, 3.05) is 18.1 Å². The fourth-order valence-corrected chi connectivity index (χ4v) is 1.93. The highest BCUT2D eigenvalue weighted by atomic mass is 79.9. The second-order valence-electron chi connectivity index (χ2n) is 3.17. The van der Waals surface area contributed by atoms with Crippen LogP contribution in [0.2, 0.25) is 0 Å². The van der Waals surface area contributed by atoms with E-state index in [-0.39, 0.29) is 6.09 Å². The molecular formula is C10H10BrNO2. The van der Waals surface area contributed by atoms with Crippen molar-refractivity contribution < 1.29 is 9.53 Å². The van der Waals surface area contributed by atoms with Crippen LogP contribution in [0.15, 0.2) is 22.7 Å². The van der Waals surface area contributed by atoms with Gasteiger partial charge in [-0.3, -0.25) is 4.90 Å². The number of ether oxygens (including phenoxy) is 1. The van der Waals surface area contributed by atoms with E-state index in [1.807, 2.05) is 25.1 Å². The number of halogens is 1. The summed E-state index contributed by atoms with van der Waals surface area (Å²) >= 11 is 3.47. The van der Waals surface area contributed by atoms with Gasteiger partial charge in [0.15, 0.2) is 0 Å². The van der Waals surface area contributed by atoms with Gasteiger partial charge in [0.25, 0.3) is 0 Å². The van der Waals surface area contributed by atoms with Gasteiger partial charge in [-0.1, -0.05) is 12.1 Å². The molecule has 1 saturated heterocycles. The monoisotopic (exact) mass is 255 g/mol. The van der Waals surface area contributed by atoms with E-state index in [4.69, 9.17) is 4.74 Å². The highest BCUT2D eigenvalue weighted by molar-refractivity contribution is 9.10. The molecule has 0 radical (unpaired) electrons. The first-order chi connectivity index (χ1) is 6.70. The zero-order valence-corrected chi connectivity index (χ0v) is 9.37. The molecule has 14 heavy (non-hydrogen) atoms. The minimum absolute atomic E-state index is 0.267. The van der Waals surface area contributed by atoms with Crippen molar-refractivity contribution in [3.05, 3.63) is 28.2 Å². The molecule has 2 rings (SSSR count). The van der Waals surface area contributed by atoms with Crippen LogP contribution in [-0.2, 0) is 4.74 Å². The van der Waals surface area contributed by atoms with Crippen LogP contribution in [-0.4, -0.2) is 19.2 Å². The minimum atomic E-state index is -0.267. The van der Waals surface area contributed by atoms with Gasteiger partial charge in [0.2, 0.25) is 0 Å². The first-order valence-corrected chi connectivity index (χ1v) is 5.19. The Kier molecular flexibility index (Phi) is 2.46. The Balaban J connectivity index is 2.41. The van der Waals surface area contributed by atoms with E-state index in [1.54, 1.807) is 4.90 Å². The summed E-state index contributed by atoms with van der Waals surface area (Å²) in [6.45, 7) is 3.09. The molecule has 1 amide bonds. The molecule has 1 aliphatic rings. The van der Waals surface area contributed by atoms with E-state index in [9.17, 15) is 4.79 Å². The molecule has 0 aromatic heterocycles. The molecule has 1 fully saturated rings. The van der Waals surface area contributed by atoms with Gasteiger partial charge in [0.05, 0.1) is 12.2 Å². The van der Waals surface area contributed by atoms with Crippen LogP contribution in [0, 0.1) is 6.92 Å². The summed E-state index contributed by atoms with van der Waals surface area (Å²) in [5.74, 6) is 0. The predicted octanol–water partition coefficient (Wildman–Crippen LogP) is 2.71. The number of rotatable bonds is 1. The summed E-state index contributed by atoms with van der Waals surface area (Å²) in [5, 5.41) is 0. The summed E-state index contributed by atoms with van der Waals surface area (Å²) in [6.07, 6.45) is -0.267. The Hall–Kier alpha value is -1.03. The van der Waals surface area contributed by atoms with Gasteiger partial charge in [-0.05, 0) is 34.5 Å². The smallest absolute Gasteiger partial charge is 0.414 e. The van der Waals surface area contributed by atoms with Crippen LogP contribution >= 0.6 is 15.9 Å². The molecular weight excluding hydrogens is 246 g/mol. The van der Waals surface area contributed by atoms with Crippen LogP contribution in [0.5, 0.6) is 0 Å². The first kappa shape index (κ1) is 9.52. The second-order valence-corrected chi connectivity index (χ2v) is 3.97. The highest BCUT2D eigenvalue weighted by Gasteiger charge is 2.25. The average Bonchev–Trinajstić information content (AvgIpc) is 2.57. The molecule has 0 N–H and O–H groups in total. The quantitative estimate of drug-likeness (QED) is 0.773. The number of carbonyl (C=O) groups is 1. The number of hydrogen-bond acceptors (Lipinski definition) is 2. The maximum atomic E-state index is 11.3. The molecule has 0 spiro atoms. The summed E-state index contributed by atoms with van der Waals surface area (Å²) in [5.41, 5.74) is 2.00. The van der Waals surface area contributed by atoms with E-state index < -0.39 is 0 Å². The minimum Gasteiger partial charge on any atom is -0.447 e. The standard InChI is InChI=1S/C10H10BrNO2/c1-7-3-2-4-8(9(7)11)12-5-6-14-10(12)13/h2-4H,5-6H2,1H3. The second kappa shape index (κ2) is 3.61. The predicted molar refractivity (Wildman–Crippen MR) is 57.6 cm³/mol. The number of carbonyl (C=O) groups excluding carboxylic acids is 1. The third-order valence-corrected chi connectivity index (χ3v) is 3.25. The van der Waals surface area contributed by atoms with Crippen LogP contribution in [0.25, 0.3) is 0 Å². The molecule has 1 aromatic rings. The number of benzene rings is 1. The first-order valence-electron chi connectivity index (χ1n) is 4.39. The van der Waals surface area contributed by atoms with Crippen molar-refractivity contribution in [1.29, 1.82) is 0 Å². The molecule has 3 nitrogen and oxygen atoms in total. The van der Waals surface area contributed by atoms with Gasteiger partial charge >= 0.3 is 6.09 Å². The van der Waals surface area contributed by atoms with Crippen molar-refractivity contribution in [3.63, 3.8) is 0 Å². The molecule has 1 heterocycles. The van der Waals surface area contributed by atoms with Crippen molar-refractivity contribution in [2.24, 2.45) is 0 Å². The maximum Gasteiger partial charge on any atom is 0.414 e. The third-order valence-electron chi connectivity index (χ3n) is 2.22. The van der Waals surface area contributed by atoms with E-state index in [0.717, 1.165) is 15.7 Å². The van der Waals surface area contributed by atoms with Gasteiger partial charge in [0.1, 0.15) is 6.61 Å². The van der Waals surface area contributed by atoms with Gasteiger partial charge in [-0.2, -0.15) is 0 Å². The molecule has 0 bridgehead atoms. The number of amides is 1. The average molecular weight is 256 g/mol. The van der Waals surface area contributed by atoms with E-state index in [0.29, 0.717) is 13.2 Å². The maximum absolute atomic E-state index is 11.3. The van der Waals surface area contributed by atoms with E-state index >= 15 is 0 Å². The largest absolute Gasteiger partial charge is 0.447 e. The number of aryl methyl sites for hydroxylation is 1. The third kappa shape index (κ3) is 1.50. The van der Waals surface area contributed by atoms with Gasteiger partial charge in [-0.15, -0.1) is 0 Å². The fraction of sp³-hybridized carbons (Fsp3) is 0.300. The van der Waals surface area contributed by atoms with Gasteiger partial charge in [0, 0.05) is 4.47 Å². The number of hydrogen-bond donors (Lipinski definition) is 0. The Bertz CT molecular complexity index is 378. The Morgan fingerprint density at radius 1 is 1.50 bits per heavy atom. The van der Waals surface area contributed by atoms with Gasteiger partial charge in [-0.25, -0.2) is 4.79 Å². The molecule has 4 heteroatoms. The normalized spacial score (nSPS) is 15.9. The molecule has 0 unspecified atom stereocenters. The summed E-state index contributed by atoms with van der Waals surface area (Å²) < 4.78 is 5.84. The molecule has 1 aliphatic heterocycles. The zero-order chi connectivity index (χ0) is 10.1. The topological polar surface area (TPSA) is 29.5 Å². The molecule has 74 valence electrons. The summed E-state index contributed by atoms with van der Waals surface area (Å²) in [4.78, 5) is 13.0. The lowest BCUT2D eigenvalue weighted by Crippen LogP contribution is -2.23. The summed E-state index contributed by atoms with van der Waals surface area (Å²) in [7, 11) is 0. The number of nitrogens with zero attached hydrogens (tertiary/aromatic N) is 1. The summed E-state index contributed by atoms with van der Waals surface area (Å²) in [6, 6.07) is 5.83. The van der Waals surface area contributed by atoms with Crippen LogP contribution < -0.4 is 4.90 Å². The lowest BCUT2D eigenvalue weighted by molar-refractivity contribution is 0.181. The Labute approximate surface area is 90.8 Å². The molecule has 1 aromatic carbocycles. The van der Waals surface area contributed by atoms with Crippen molar-refractivity contribution in [3.8, 4) is 0 Å². The molecule has 0 saturated carbocycles. The number of anilines is 1. The lowest BCUT2D eigenvalue weighted by Gasteiger charge is -2.15. The van der Waals surface area contributed by atoms with E-state index in [1.165, 1.54) is 0 Å². The molecule has 0 atom stereocenters. The van der Waals surface area contributed by atoms with Crippen molar-refractivity contribution in [2.45, 2.75) is 6.92 Å². The van der Waals surface area contributed by atoms with E-state index in [2.05, 4.69) is 15.9 Å². The Morgan fingerprint density at radius 3 is 2.93 bits per heavy atom. The molecule has 0 aliphatic carbocycles. The number of cyclic esters (lactones) is 1. The van der Waals surface area contributed by atoms with Gasteiger partial charge < -0.3 is 4.74 Å². The van der Waals surface area contributed by atoms with Crippen molar-refractivity contribution in [1.82, 2.24) is 0 Å². The zero-order valence-electron chi connectivity index (χ0n) is 7.79. The van der Waals surface area contributed by atoms with Crippen molar-refractivity contribution >= 4 is 27.7 Å². The van der Waals surface area contributed by atoms with Crippen LogP contribution in [0.4, 0.5) is 10.5 Å². The van der Waals surface area contributed by atoms with Crippen LogP contribution in [0.3, 0.4) is 0 Å². The van der Waals surface area contributed by atoms with Crippen LogP contribution in [0.1, 0.15) is 5.56 Å². The SMILES string of the molecule is Cc1cccc(N2CCOC2=O)c1Br. The fourth-order valence-electron chi connectivity index (χ4n) is 1.45. The highest BCUT2D eigenvalue weighted by Crippen LogP contribution is 2.30. The Morgan fingerprint density at radius 2 is 2.29 bits per heavy atom.